The van der Waals surface area contributed by atoms with Crippen molar-refractivity contribution in [3.8, 4) is 0 Å². The molecule has 0 atom stereocenters. The van der Waals surface area contributed by atoms with E-state index in [1.807, 2.05) is 29.2 Å². The van der Waals surface area contributed by atoms with Crippen LogP contribution in [-0.4, -0.2) is 46.4 Å². The van der Waals surface area contributed by atoms with E-state index >= 15 is 0 Å². The quantitative estimate of drug-likeness (QED) is 0.663. The summed E-state index contributed by atoms with van der Waals surface area (Å²) in [4.78, 5) is 6.37. The summed E-state index contributed by atoms with van der Waals surface area (Å²) < 4.78 is 0. The van der Waals surface area contributed by atoms with Crippen LogP contribution in [0.15, 0.2) is 30.5 Å². The highest BCUT2D eigenvalue weighted by Crippen LogP contribution is 2.23. The number of nitrogens with zero attached hydrogens (tertiary/aromatic N) is 2. The molecule has 0 amide bonds. The third-order valence-corrected chi connectivity index (χ3v) is 3.11. The number of hydrogen-bond acceptors (Lipinski definition) is 5. The van der Waals surface area contributed by atoms with E-state index in [9.17, 15) is 0 Å². The molecular formula is C14H19N3O2. The number of aromatic nitrogens is 1. The molecule has 1 heterocycles. The fourth-order valence-electron chi connectivity index (χ4n) is 2.17. The predicted octanol–water partition coefficient (Wildman–Crippen LogP) is 0.604. The van der Waals surface area contributed by atoms with E-state index in [2.05, 4.69) is 4.98 Å². The van der Waals surface area contributed by atoms with E-state index in [0.717, 1.165) is 16.5 Å². The Morgan fingerprint density at radius 1 is 1.11 bits per heavy atom. The van der Waals surface area contributed by atoms with Gasteiger partial charge in [-0.05, 0) is 23.8 Å². The number of aliphatic hydroxyl groups is 2. The Morgan fingerprint density at radius 3 is 2.53 bits per heavy atom. The fourth-order valence-corrected chi connectivity index (χ4v) is 2.17. The molecule has 0 unspecified atom stereocenters. The van der Waals surface area contributed by atoms with E-state index in [4.69, 9.17) is 15.9 Å². The molecule has 0 saturated carbocycles. The van der Waals surface area contributed by atoms with Crippen LogP contribution in [0.3, 0.4) is 0 Å². The highest BCUT2D eigenvalue weighted by Gasteiger charge is 2.09. The molecule has 0 spiro atoms. The van der Waals surface area contributed by atoms with Crippen LogP contribution in [-0.2, 0) is 6.54 Å². The molecule has 2 rings (SSSR count). The molecule has 1 aromatic heterocycles. The van der Waals surface area contributed by atoms with Crippen molar-refractivity contribution in [2.75, 3.05) is 32.0 Å². The van der Waals surface area contributed by atoms with E-state index in [1.54, 1.807) is 6.20 Å². The molecule has 102 valence electrons. The van der Waals surface area contributed by atoms with Crippen molar-refractivity contribution in [1.82, 2.24) is 9.88 Å². The number of hydrogen-bond donors (Lipinski definition) is 3. The Morgan fingerprint density at radius 2 is 1.84 bits per heavy atom. The van der Waals surface area contributed by atoms with Crippen molar-refractivity contribution in [2.24, 2.45) is 0 Å². The standard InChI is InChI=1S/C14H19N3O2/c15-13-4-3-11(10-17(6-8-18)7-9-19)14-12(13)2-1-5-16-14/h1-5,18-19H,6-10,15H2. The van der Waals surface area contributed by atoms with Crippen LogP contribution in [0.1, 0.15) is 5.56 Å². The van der Waals surface area contributed by atoms with Crippen LogP contribution < -0.4 is 5.73 Å². The van der Waals surface area contributed by atoms with Gasteiger partial charge in [0.25, 0.3) is 0 Å². The van der Waals surface area contributed by atoms with Crippen molar-refractivity contribution in [2.45, 2.75) is 6.54 Å². The number of nitrogen functional groups attached to an aromatic ring is 1. The zero-order valence-electron chi connectivity index (χ0n) is 10.8. The first kappa shape index (κ1) is 13.7. The number of nitrogens with two attached hydrogens (primary N) is 1. The van der Waals surface area contributed by atoms with Crippen LogP contribution in [0.2, 0.25) is 0 Å². The van der Waals surface area contributed by atoms with Gasteiger partial charge in [0.2, 0.25) is 0 Å². The van der Waals surface area contributed by atoms with Crippen LogP contribution in [0, 0.1) is 0 Å². The minimum absolute atomic E-state index is 0.0698. The molecule has 0 radical (unpaired) electrons. The van der Waals surface area contributed by atoms with Gasteiger partial charge in [-0.1, -0.05) is 6.07 Å². The Balaban J connectivity index is 2.31. The lowest BCUT2D eigenvalue weighted by atomic mass is 10.1. The molecule has 0 saturated heterocycles. The molecule has 1 aromatic carbocycles. The summed E-state index contributed by atoms with van der Waals surface area (Å²) >= 11 is 0. The number of pyridine rings is 1. The molecule has 0 fully saturated rings. The highest BCUT2D eigenvalue weighted by molar-refractivity contribution is 5.92. The summed E-state index contributed by atoms with van der Waals surface area (Å²) in [6.07, 6.45) is 1.74. The summed E-state index contributed by atoms with van der Waals surface area (Å²) in [5.41, 5.74) is 8.58. The van der Waals surface area contributed by atoms with Crippen molar-refractivity contribution in [3.63, 3.8) is 0 Å². The van der Waals surface area contributed by atoms with Gasteiger partial charge in [0.1, 0.15) is 0 Å². The lowest BCUT2D eigenvalue weighted by Gasteiger charge is -2.21. The summed E-state index contributed by atoms with van der Waals surface area (Å²) in [6.45, 7) is 1.83. The second-order valence-corrected chi connectivity index (χ2v) is 4.44. The molecule has 19 heavy (non-hydrogen) atoms. The molecule has 0 aliphatic carbocycles. The largest absolute Gasteiger partial charge is 0.398 e. The van der Waals surface area contributed by atoms with Crippen molar-refractivity contribution >= 4 is 16.6 Å². The van der Waals surface area contributed by atoms with Gasteiger partial charge in [0.15, 0.2) is 0 Å². The maximum absolute atomic E-state index is 9.04. The summed E-state index contributed by atoms with van der Waals surface area (Å²) in [5.74, 6) is 0. The third kappa shape index (κ3) is 3.20. The van der Waals surface area contributed by atoms with Crippen LogP contribution in [0.25, 0.3) is 10.9 Å². The Kier molecular flexibility index (Phi) is 4.68. The van der Waals surface area contributed by atoms with Gasteiger partial charge in [0.05, 0.1) is 18.7 Å². The van der Waals surface area contributed by atoms with Gasteiger partial charge < -0.3 is 15.9 Å². The summed E-state index contributed by atoms with van der Waals surface area (Å²) in [5, 5.41) is 19.0. The van der Waals surface area contributed by atoms with Crippen LogP contribution >= 0.6 is 0 Å². The van der Waals surface area contributed by atoms with E-state index in [0.29, 0.717) is 25.3 Å². The predicted molar refractivity (Wildman–Crippen MR) is 75.6 cm³/mol. The highest BCUT2D eigenvalue weighted by atomic mass is 16.3. The topological polar surface area (TPSA) is 82.6 Å². The number of rotatable bonds is 6. The van der Waals surface area contributed by atoms with Gasteiger partial charge in [-0.2, -0.15) is 0 Å². The Hall–Kier alpha value is -1.69. The van der Waals surface area contributed by atoms with Crippen molar-refractivity contribution in [1.29, 1.82) is 0 Å². The molecule has 5 nitrogen and oxygen atoms in total. The first-order valence-corrected chi connectivity index (χ1v) is 6.32. The van der Waals surface area contributed by atoms with Gasteiger partial charge >= 0.3 is 0 Å². The van der Waals surface area contributed by atoms with Crippen LogP contribution in [0.5, 0.6) is 0 Å². The minimum Gasteiger partial charge on any atom is -0.398 e. The molecular weight excluding hydrogens is 242 g/mol. The molecule has 4 N–H and O–H groups in total. The van der Waals surface area contributed by atoms with Gasteiger partial charge in [-0.25, -0.2) is 0 Å². The van der Waals surface area contributed by atoms with Crippen molar-refractivity contribution < 1.29 is 10.2 Å². The maximum atomic E-state index is 9.04. The monoisotopic (exact) mass is 261 g/mol. The van der Waals surface area contributed by atoms with Crippen molar-refractivity contribution in [3.05, 3.63) is 36.0 Å². The fraction of sp³-hybridized carbons (Fsp3) is 0.357. The second-order valence-electron chi connectivity index (χ2n) is 4.44. The SMILES string of the molecule is Nc1ccc(CN(CCO)CCO)c2ncccc12. The third-order valence-electron chi connectivity index (χ3n) is 3.11. The molecule has 2 aromatic rings. The van der Waals surface area contributed by atoms with Gasteiger partial charge in [0, 0.05) is 36.9 Å². The first-order chi connectivity index (χ1) is 9.26. The zero-order valence-corrected chi connectivity index (χ0v) is 10.8. The van der Waals surface area contributed by atoms with E-state index < -0.39 is 0 Å². The Bertz CT molecular complexity index is 539. The normalized spacial score (nSPS) is 11.3. The molecule has 0 bridgehead atoms. The average molecular weight is 261 g/mol. The number of benzene rings is 1. The number of anilines is 1. The zero-order chi connectivity index (χ0) is 13.7. The summed E-state index contributed by atoms with van der Waals surface area (Å²) in [6, 6.07) is 7.63. The number of aliphatic hydroxyl groups excluding tert-OH is 2. The van der Waals surface area contributed by atoms with Gasteiger partial charge in [-0.3, -0.25) is 9.88 Å². The molecule has 5 heteroatoms. The summed E-state index contributed by atoms with van der Waals surface area (Å²) in [7, 11) is 0. The van der Waals surface area contributed by atoms with Crippen LogP contribution in [0.4, 0.5) is 5.69 Å². The van der Waals surface area contributed by atoms with E-state index in [-0.39, 0.29) is 13.2 Å². The van der Waals surface area contributed by atoms with E-state index in [1.165, 1.54) is 0 Å². The second kappa shape index (κ2) is 6.47. The first-order valence-electron chi connectivity index (χ1n) is 6.32. The lowest BCUT2D eigenvalue weighted by Crippen LogP contribution is -2.29. The number of fused-ring (bicyclic) bond motifs is 1. The minimum atomic E-state index is 0.0698. The maximum Gasteiger partial charge on any atom is 0.0767 e. The van der Waals surface area contributed by atoms with Gasteiger partial charge in [-0.15, -0.1) is 0 Å². The lowest BCUT2D eigenvalue weighted by molar-refractivity contribution is 0.156. The smallest absolute Gasteiger partial charge is 0.0767 e. The molecule has 0 aliphatic rings. The molecule has 0 aliphatic heterocycles. The Labute approximate surface area is 112 Å². The average Bonchev–Trinajstić information content (AvgIpc) is 2.43.